The van der Waals surface area contributed by atoms with Gasteiger partial charge in [-0.3, -0.25) is 0 Å². The first-order chi connectivity index (χ1) is 16.9. The quantitative estimate of drug-likeness (QED) is 0.287. The molecule has 194 valence electrons. The second-order valence-electron chi connectivity index (χ2n) is 11.0. The standard InChI is InChI=1S/C29H45N3O3/c1-5-6-7-8-9-10-11-12-13-15-23-17-19-24(20-18-23)26-30-27(35-31-26)25-16-14-21-32(22-25)28(33)34-29(2,3)4/h17-20,25H,5-16,21-22H2,1-4H3/t25-/m1/s1. The maximum Gasteiger partial charge on any atom is 0.410 e. The number of carbonyl (C=O) groups excluding carboxylic acids is 1. The number of hydrogen-bond acceptors (Lipinski definition) is 5. The van der Waals surface area contributed by atoms with Crippen molar-refractivity contribution in [3.8, 4) is 11.4 Å². The van der Waals surface area contributed by atoms with Gasteiger partial charge in [0.2, 0.25) is 11.7 Å². The monoisotopic (exact) mass is 483 g/mol. The van der Waals surface area contributed by atoms with Crippen molar-refractivity contribution < 1.29 is 14.1 Å². The number of unbranched alkanes of at least 4 members (excludes halogenated alkanes) is 8. The van der Waals surface area contributed by atoms with E-state index in [9.17, 15) is 4.79 Å². The summed E-state index contributed by atoms with van der Waals surface area (Å²) in [5.41, 5.74) is 1.83. The number of amides is 1. The van der Waals surface area contributed by atoms with Crippen LogP contribution >= 0.6 is 0 Å². The zero-order chi connectivity index (χ0) is 25.1. The Balaban J connectivity index is 1.43. The predicted molar refractivity (Wildman–Crippen MR) is 140 cm³/mol. The van der Waals surface area contributed by atoms with Crippen LogP contribution in [0.4, 0.5) is 4.79 Å². The molecule has 2 heterocycles. The molecule has 1 amide bonds. The van der Waals surface area contributed by atoms with Crippen molar-refractivity contribution in [2.24, 2.45) is 0 Å². The summed E-state index contributed by atoms with van der Waals surface area (Å²) in [6.07, 6.45) is 14.8. The van der Waals surface area contributed by atoms with E-state index in [-0.39, 0.29) is 12.0 Å². The van der Waals surface area contributed by atoms with Crippen molar-refractivity contribution in [3.05, 3.63) is 35.7 Å². The van der Waals surface area contributed by atoms with Crippen molar-refractivity contribution in [1.29, 1.82) is 0 Å². The SMILES string of the molecule is CCCCCCCCCCCc1ccc(-c2noc([C@@H]3CCCN(C(=O)OC(C)(C)C)C3)n2)cc1. The Morgan fingerprint density at radius 3 is 2.34 bits per heavy atom. The van der Waals surface area contributed by atoms with Gasteiger partial charge in [0.05, 0.1) is 5.92 Å². The predicted octanol–water partition coefficient (Wildman–Crippen LogP) is 7.92. The van der Waals surface area contributed by atoms with Crippen LogP contribution < -0.4 is 0 Å². The summed E-state index contributed by atoms with van der Waals surface area (Å²) in [4.78, 5) is 18.9. The topological polar surface area (TPSA) is 68.5 Å². The first-order valence-corrected chi connectivity index (χ1v) is 13.8. The van der Waals surface area contributed by atoms with Gasteiger partial charge in [-0.2, -0.15) is 4.98 Å². The molecule has 1 aliphatic heterocycles. The van der Waals surface area contributed by atoms with E-state index in [1.807, 2.05) is 20.8 Å². The third-order valence-electron chi connectivity index (χ3n) is 6.65. The Hall–Kier alpha value is -2.37. The minimum Gasteiger partial charge on any atom is -0.444 e. The van der Waals surface area contributed by atoms with Crippen LogP contribution in [0.15, 0.2) is 28.8 Å². The van der Waals surface area contributed by atoms with Crippen LogP contribution in [0.25, 0.3) is 11.4 Å². The van der Waals surface area contributed by atoms with Crippen LogP contribution in [0.1, 0.15) is 116 Å². The zero-order valence-electron chi connectivity index (χ0n) is 22.4. The van der Waals surface area contributed by atoms with Crippen LogP contribution in [-0.2, 0) is 11.2 Å². The summed E-state index contributed by atoms with van der Waals surface area (Å²) in [7, 11) is 0. The summed E-state index contributed by atoms with van der Waals surface area (Å²) in [6, 6.07) is 8.54. The fourth-order valence-corrected chi connectivity index (χ4v) is 4.65. The molecule has 0 unspecified atom stereocenters. The van der Waals surface area contributed by atoms with Crippen molar-refractivity contribution in [2.45, 2.75) is 116 Å². The molecular weight excluding hydrogens is 438 g/mol. The summed E-state index contributed by atoms with van der Waals surface area (Å²) < 4.78 is 11.1. The van der Waals surface area contributed by atoms with Gasteiger partial charge < -0.3 is 14.2 Å². The number of nitrogens with zero attached hydrogens (tertiary/aromatic N) is 3. The lowest BCUT2D eigenvalue weighted by Gasteiger charge is -2.32. The molecule has 0 aliphatic carbocycles. The number of piperidine rings is 1. The zero-order valence-corrected chi connectivity index (χ0v) is 22.4. The van der Waals surface area contributed by atoms with E-state index >= 15 is 0 Å². The number of ether oxygens (including phenoxy) is 1. The molecule has 1 atom stereocenters. The minimum absolute atomic E-state index is 0.0448. The lowest BCUT2D eigenvalue weighted by molar-refractivity contribution is 0.0189. The van der Waals surface area contributed by atoms with Gasteiger partial charge >= 0.3 is 6.09 Å². The van der Waals surface area contributed by atoms with Crippen molar-refractivity contribution in [1.82, 2.24) is 15.0 Å². The minimum atomic E-state index is -0.498. The first kappa shape index (κ1) is 27.2. The average molecular weight is 484 g/mol. The van der Waals surface area contributed by atoms with Crippen LogP contribution in [-0.4, -0.2) is 39.8 Å². The number of rotatable bonds is 12. The Morgan fingerprint density at radius 2 is 1.69 bits per heavy atom. The Bertz CT molecular complexity index is 885. The lowest BCUT2D eigenvalue weighted by atomic mass is 9.98. The third-order valence-corrected chi connectivity index (χ3v) is 6.65. The number of aromatic nitrogens is 2. The molecule has 1 aromatic heterocycles. The number of benzene rings is 1. The normalized spacial score (nSPS) is 16.5. The Kier molecular flexibility index (Phi) is 10.6. The molecule has 6 heteroatoms. The molecule has 0 spiro atoms. The van der Waals surface area contributed by atoms with Crippen LogP contribution in [0.2, 0.25) is 0 Å². The highest BCUT2D eigenvalue weighted by Gasteiger charge is 2.31. The van der Waals surface area contributed by atoms with Gasteiger partial charge in [-0.05, 0) is 52.0 Å². The molecule has 6 nitrogen and oxygen atoms in total. The van der Waals surface area contributed by atoms with Gasteiger partial charge in [0.25, 0.3) is 0 Å². The molecule has 3 rings (SSSR count). The summed E-state index contributed by atoms with van der Waals surface area (Å²) in [6.45, 7) is 9.18. The van der Waals surface area contributed by atoms with Gasteiger partial charge in [-0.1, -0.05) is 87.7 Å². The first-order valence-electron chi connectivity index (χ1n) is 13.8. The number of aryl methyl sites for hydroxylation is 1. The van der Waals surface area contributed by atoms with Gasteiger partial charge in [-0.25, -0.2) is 4.79 Å². The van der Waals surface area contributed by atoms with Gasteiger partial charge in [-0.15, -0.1) is 0 Å². The Labute approximate surface area is 211 Å². The highest BCUT2D eigenvalue weighted by atomic mass is 16.6. The fourth-order valence-electron chi connectivity index (χ4n) is 4.65. The summed E-state index contributed by atoms with van der Waals surface area (Å²) in [5.74, 6) is 1.26. The average Bonchev–Trinajstić information content (AvgIpc) is 3.33. The summed E-state index contributed by atoms with van der Waals surface area (Å²) >= 11 is 0. The molecule has 0 radical (unpaired) electrons. The van der Waals surface area contributed by atoms with Crippen molar-refractivity contribution in [2.75, 3.05) is 13.1 Å². The largest absolute Gasteiger partial charge is 0.444 e. The molecule has 0 bridgehead atoms. The highest BCUT2D eigenvalue weighted by Crippen LogP contribution is 2.28. The molecule has 2 aromatic rings. The fraction of sp³-hybridized carbons (Fsp3) is 0.690. The van der Waals surface area contributed by atoms with Crippen LogP contribution in [0, 0.1) is 0 Å². The smallest absolute Gasteiger partial charge is 0.410 e. The Morgan fingerprint density at radius 1 is 1.03 bits per heavy atom. The molecule has 1 aromatic carbocycles. The molecule has 0 N–H and O–H groups in total. The molecule has 0 saturated carbocycles. The van der Waals surface area contributed by atoms with E-state index in [4.69, 9.17) is 9.26 Å². The molecule has 1 fully saturated rings. The summed E-state index contributed by atoms with van der Waals surface area (Å²) in [5, 5.41) is 4.22. The maximum absolute atomic E-state index is 12.5. The van der Waals surface area contributed by atoms with E-state index in [2.05, 4.69) is 41.3 Å². The van der Waals surface area contributed by atoms with Crippen molar-refractivity contribution >= 4 is 6.09 Å². The lowest BCUT2D eigenvalue weighted by Crippen LogP contribution is -2.42. The molecule has 1 aliphatic rings. The highest BCUT2D eigenvalue weighted by molar-refractivity contribution is 5.68. The number of hydrogen-bond donors (Lipinski definition) is 0. The third kappa shape index (κ3) is 9.30. The van der Waals surface area contributed by atoms with E-state index in [0.29, 0.717) is 24.8 Å². The van der Waals surface area contributed by atoms with Gasteiger partial charge in [0.15, 0.2) is 0 Å². The molecular formula is C29H45N3O3. The van der Waals surface area contributed by atoms with Crippen LogP contribution in [0.5, 0.6) is 0 Å². The second-order valence-corrected chi connectivity index (χ2v) is 11.0. The molecule has 35 heavy (non-hydrogen) atoms. The van der Waals surface area contributed by atoms with E-state index < -0.39 is 5.60 Å². The van der Waals surface area contributed by atoms with E-state index in [1.165, 1.54) is 63.4 Å². The number of carbonyl (C=O) groups is 1. The second kappa shape index (κ2) is 13.6. The maximum atomic E-state index is 12.5. The molecule has 1 saturated heterocycles. The van der Waals surface area contributed by atoms with E-state index in [0.717, 1.165) is 24.8 Å². The number of likely N-dealkylation sites (tertiary alicyclic amines) is 1. The van der Waals surface area contributed by atoms with Crippen molar-refractivity contribution in [3.63, 3.8) is 0 Å². The van der Waals surface area contributed by atoms with Crippen LogP contribution in [0.3, 0.4) is 0 Å². The van der Waals surface area contributed by atoms with Gasteiger partial charge in [0, 0.05) is 18.7 Å². The van der Waals surface area contributed by atoms with Gasteiger partial charge in [0.1, 0.15) is 5.60 Å². The van der Waals surface area contributed by atoms with E-state index in [1.54, 1.807) is 4.90 Å².